The van der Waals surface area contributed by atoms with E-state index in [1.807, 2.05) is 0 Å². The Bertz CT molecular complexity index is 2070. The van der Waals surface area contributed by atoms with Crippen molar-refractivity contribution in [2.24, 2.45) is 11.8 Å². The number of fused-ring (bicyclic) bond motifs is 2. The molecule has 0 aliphatic carbocycles. The van der Waals surface area contributed by atoms with Gasteiger partial charge in [-0.15, -0.1) is 0 Å². The van der Waals surface area contributed by atoms with Crippen LogP contribution in [0.3, 0.4) is 0 Å². The number of carbonyl (C=O) groups is 4. The predicted molar refractivity (Wildman–Crippen MR) is 197 cm³/mol. The third-order valence-electron chi connectivity index (χ3n) is 8.53. The highest BCUT2D eigenvalue weighted by molar-refractivity contribution is 5.91. The molecule has 4 aromatic rings. The third-order valence-corrected chi connectivity index (χ3v) is 8.53. The van der Waals surface area contributed by atoms with E-state index in [1.165, 1.54) is 10.9 Å². The van der Waals surface area contributed by atoms with Gasteiger partial charge in [-0.2, -0.15) is 9.97 Å². The van der Waals surface area contributed by atoms with Crippen LogP contribution < -0.4 is 21.8 Å². The van der Waals surface area contributed by atoms with Crippen LogP contribution in [-0.4, -0.2) is 122 Å². The van der Waals surface area contributed by atoms with Crippen LogP contribution in [-0.2, 0) is 28.5 Å². The summed E-state index contributed by atoms with van der Waals surface area (Å²) in [6.07, 6.45) is -12.4. The molecule has 2 amide bonds. The first kappa shape index (κ1) is 46.3. The summed E-state index contributed by atoms with van der Waals surface area (Å²) in [4.78, 5) is 91.0. The lowest BCUT2D eigenvalue weighted by atomic mass is 10.1. The molecule has 0 unspecified atom stereocenters. The average Bonchev–Trinajstić information content (AvgIpc) is 3.89. The van der Waals surface area contributed by atoms with Crippen LogP contribution in [0.1, 0.15) is 68.3 Å². The molecule has 25 heteroatoms. The highest BCUT2D eigenvalue weighted by Crippen LogP contribution is 2.37. The lowest BCUT2D eigenvalue weighted by molar-refractivity contribution is -0.119. The number of anilines is 2. The second-order valence-electron chi connectivity index (χ2n) is 13.1. The summed E-state index contributed by atoms with van der Waals surface area (Å²) in [7, 11) is 0. The number of aromatic nitrogens is 8. The Hall–Kier alpha value is -6.08. The summed E-state index contributed by atoms with van der Waals surface area (Å²) in [5.41, 5.74) is -1.60. The summed E-state index contributed by atoms with van der Waals surface area (Å²) in [6, 6.07) is 0. The number of aliphatic hydroxyl groups is 1. The number of amides is 2. The molecule has 0 radical (unpaired) electrons. The Labute approximate surface area is 327 Å². The van der Waals surface area contributed by atoms with Gasteiger partial charge < -0.3 is 34.3 Å². The predicted octanol–water partition coefficient (Wildman–Crippen LogP) is 2.70. The molecule has 0 saturated carbocycles. The number of nitrogens with one attached hydrogen (secondary N) is 4. The van der Waals surface area contributed by atoms with Crippen molar-refractivity contribution in [2.45, 2.75) is 105 Å². The lowest BCUT2D eigenvalue weighted by Gasteiger charge is -2.19. The number of halogens is 2. The largest absolute Gasteiger partial charge is 0.506 e. The molecule has 23 nitrogen and oxygen atoms in total. The van der Waals surface area contributed by atoms with Gasteiger partial charge in [0.1, 0.15) is 6.10 Å². The zero-order valence-corrected chi connectivity index (χ0v) is 30.2. The minimum Gasteiger partial charge on any atom is -0.450 e. The van der Waals surface area contributed by atoms with Gasteiger partial charge in [0, 0.05) is 11.8 Å². The number of H-pyrrole nitrogens is 2. The van der Waals surface area contributed by atoms with Gasteiger partial charge >= 0.3 is 12.3 Å². The van der Waals surface area contributed by atoms with E-state index in [0.29, 0.717) is 0 Å². The molecule has 4 aromatic heterocycles. The highest BCUT2D eigenvalue weighted by Gasteiger charge is 2.50. The monoisotopic (exact) mass is 828 g/mol. The van der Waals surface area contributed by atoms with E-state index in [2.05, 4.69) is 50.0 Å². The van der Waals surface area contributed by atoms with E-state index in [-0.39, 0.29) is 73.2 Å². The summed E-state index contributed by atoms with van der Waals surface area (Å²) in [5, 5.41) is 31.9. The Kier molecular flexibility index (Phi) is 15.1. The molecular weight excluding hydrogens is 782 g/mol. The molecule has 2 aliphatic rings. The molecule has 2 saturated heterocycles. The maximum Gasteiger partial charge on any atom is 0.506 e. The Morgan fingerprint density at radius 3 is 1.50 bits per heavy atom. The molecule has 8 atom stereocenters. The molecular formula is C33H46F2N10O13. The first-order valence-corrected chi connectivity index (χ1v) is 17.0. The number of carbonyl (C=O) groups excluding carboxylic acids is 2. The second kappa shape index (κ2) is 18.9. The quantitative estimate of drug-likeness (QED) is 0.113. The van der Waals surface area contributed by atoms with Crippen LogP contribution in [0.4, 0.5) is 30.3 Å². The molecule has 2 fully saturated rings. The van der Waals surface area contributed by atoms with Crippen molar-refractivity contribution in [3.8, 4) is 0 Å². The van der Waals surface area contributed by atoms with Gasteiger partial charge in [0.2, 0.25) is 23.7 Å². The number of aliphatic hydroxyl groups excluding tert-OH is 1. The zero-order chi connectivity index (χ0) is 41.2. The van der Waals surface area contributed by atoms with E-state index in [4.69, 9.17) is 19.7 Å². The smallest absolute Gasteiger partial charge is 0.450 e. The van der Waals surface area contributed by atoms with Crippen LogP contribution in [0.5, 0.6) is 0 Å². The molecule has 58 heavy (non-hydrogen) atoms. The molecule has 0 aromatic carbocycles. The third kappa shape index (κ3) is 9.54. The van der Waals surface area contributed by atoms with Crippen molar-refractivity contribution in [1.29, 1.82) is 0 Å². The van der Waals surface area contributed by atoms with Crippen LogP contribution in [0.25, 0.3) is 22.3 Å². The first-order chi connectivity index (χ1) is 26.4. The molecule has 6 heterocycles. The van der Waals surface area contributed by atoms with E-state index in [1.54, 1.807) is 34.6 Å². The Morgan fingerprint density at radius 1 is 0.776 bits per heavy atom. The molecule has 6 rings (SSSR count). The number of nitrogens with zero attached hydrogens (tertiary/aromatic N) is 6. The number of ether oxygens (including phenoxy) is 4. The minimum absolute atomic E-state index is 0. The lowest BCUT2D eigenvalue weighted by Crippen LogP contribution is -2.33. The number of alkyl halides is 2. The van der Waals surface area contributed by atoms with E-state index >= 15 is 0 Å². The molecule has 0 bridgehead atoms. The maximum atomic E-state index is 14.6. The van der Waals surface area contributed by atoms with Crippen LogP contribution in [0, 0.1) is 11.8 Å². The minimum atomic E-state index is -1.95. The van der Waals surface area contributed by atoms with Crippen molar-refractivity contribution in [3.63, 3.8) is 0 Å². The molecule has 7 N–H and O–H groups in total. The highest BCUT2D eigenvalue weighted by atomic mass is 19.1. The molecule has 320 valence electrons. The summed E-state index contributed by atoms with van der Waals surface area (Å²) in [5.74, 6) is -1.78. The average molecular weight is 829 g/mol. The number of carboxylic acid groups (broad SMARTS) is 2. The summed E-state index contributed by atoms with van der Waals surface area (Å²) >= 11 is 0. The SMILES string of the molecule is C.C.CC(C)C(=O)Nc1nc2c(ncn2[C@@H]2O[C@H](CO)[C@@H](F)[C@H]2OC(=O)O)c(=O)[nH]1.CC[C@H]1O[C@@H](n2cnc3c(=O)[nH]c(NC(=O)C(C)C)nc32)[C@H](OC(=O)O)[C@@H]1F. The normalized spacial score (nSPS) is 23.8. The fraction of sp³-hybridized carbons (Fsp3) is 0.576. The number of hydrogen-bond acceptors (Lipinski definition) is 15. The summed E-state index contributed by atoms with van der Waals surface area (Å²) < 4.78 is 51.6. The van der Waals surface area contributed by atoms with Gasteiger partial charge in [-0.1, -0.05) is 49.5 Å². The standard InChI is InChI=1S/C16H20FN5O6.C15H18FN5O7.2CH4/c1-4-7-8(17)10(28-16(25)26)14(27-7)22-5-18-9-11(22)19-15(21-13(9)24)20-12(23)6(2)3;1-5(2)11(23)19-14-18-10-8(12(24)20-14)17-4-21(10)13-9(28-15(25)26)7(16)6(3-22)27-13;;/h5-8,10,14H,4H2,1-3H3,(H,25,26)(H2,19,20,21,23,24);4-7,9,13,22H,3H2,1-2H3,(H,25,26)(H2,18,19,20,23,24);2*1H4/t7-,8-,10-,14-;6-,7-,9-,13-;;/m11../s1. The van der Waals surface area contributed by atoms with Gasteiger partial charge in [-0.3, -0.25) is 48.9 Å². The van der Waals surface area contributed by atoms with Gasteiger partial charge in [-0.25, -0.2) is 28.3 Å². The van der Waals surface area contributed by atoms with E-state index in [9.17, 15) is 42.7 Å². The zero-order valence-electron chi connectivity index (χ0n) is 30.2. The maximum absolute atomic E-state index is 14.6. The van der Waals surface area contributed by atoms with Crippen molar-refractivity contribution < 1.29 is 62.2 Å². The van der Waals surface area contributed by atoms with Crippen LogP contribution in [0.15, 0.2) is 22.2 Å². The first-order valence-electron chi connectivity index (χ1n) is 17.0. The van der Waals surface area contributed by atoms with Crippen molar-refractivity contribution in [1.82, 2.24) is 39.0 Å². The number of hydrogen-bond donors (Lipinski definition) is 7. The van der Waals surface area contributed by atoms with E-state index < -0.39 is 85.2 Å². The van der Waals surface area contributed by atoms with Crippen molar-refractivity contribution in [2.75, 3.05) is 17.2 Å². The fourth-order valence-electron chi connectivity index (χ4n) is 5.66. The fourth-order valence-corrected chi connectivity index (χ4v) is 5.66. The Morgan fingerprint density at radius 2 is 1.16 bits per heavy atom. The topological polar surface area (TPSA) is 317 Å². The summed E-state index contributed by atoms with van der Waals surface area (Å²) in [6.45, 7) is 7.60. The number of aromatic amines is 2. The van der Waals surface area contributed by atoms with Crippen molar-refractivity contribution in [3.05, 3.63) is 33.4 Å². The van der Waals surface area contributed by atoms with Gasteiger partial charge in [0.25, 0.3) is 11.1 Å². The van der Waals surface area contributed by atoms with Crippen LogP contribution in [0.2, 0.25) is 0 Å². The van der Waals surface area contributed by atoms with Crippen LogP contribution >= 0.6 is 0 Å². The number of rotatable bonds is 10. The number of imidazole rings is 2. The molecule has 2 aliphatic heterocycles. The Balaban J connectivity index is 0.000000300. The van der Waals surface area contributed by atoms with Gasteiger partial charge in [0.15, 0.2) is 59.3 Å². The molecule has 0 spiro atoms. The second-order valence-corrected chi connectivity index (χ2v) is 13.1. The van der Waals surface area contributed by atoms with Gasteiger partial charge in [0.05, 0.1) is 25.4 Å². The van der Waals surface area contributed by atoms with Crippen molar-refractivity contribution >= 4 is 58.3 Å². The van der Waals surface area contributed by atoms with E-state index in [0.717, 1.165) is 10.9 Å². The van der Waals surface area contributed by atoms with Gasteiger partial charge in [-0.05, 0) is 6.42 Å².